The predicted octanol–water partition coefficient (Wildman–Crippen LogP) is -0.154. The van der Waals surface area contributed by atoms with Gasteiger partial charge in [0, 0.05) is 25.2 Å². The fraction of sp³-hybridized carbons (Fsp3) is 0.500. The Morgan fingerprint density at radius 3 is 2.74 bits per heavy atom. The minimum atomic E-state index is -0.549. The molecule has 0 atom stereocenters. The van der Waals surface area contributed by atoms with Crippen LogP contribution in [-0.2, 0) is 28.7 Å². The second-order valence-electron chi connectivity index (χ2n) is 5.31. The number of carbonyl (C=O) groups excluding carboxylic acids is 4. The van der Waals surface area contributed by atoms with E-state index in [1.165, 1.54) is 6.08 Å². The average molecular weight is 321 g/mol. The van der Waals surface area contributed by atoms with Crippen LogP contribution in [0.15, 0.2) is 23.3 Å². The van der Waals surface area contributed by atoms with E-state index >= 15 is 0 Å². The van der Waals surface area contributed by atoms with Crippen LogP contribution in [0.3, 0.4) is 0 Å². The lowest BCUT2D eigenvalue weighted by molar-refractivity contribution is -0.146. The summed E-state index contributed by atoms with van der Waals surface area (Å²) in [5.74, 6) is -1.79. The molecule has 0 saturated carbocycles. The highest BCUT2D eigenvalue weighted by atomic mass is 16.5. The third kappa shape index (κ3) is 4.67. The summed E-state index contributed by atoms with van der Waals surface area (Å²) in [5.41, 5.74) is 1.42. The highest BCUT2D eigenvalue weighted by Crippen LogP contribution is 2.22. The van der Waals surface area contributed by atoms with E-state index in [-0.39, 0.29) is 25.4 Å². The van der Waals surface area contributed by atoms with E-state index in [0.29, 0.717) is 31.8 Å². The standard InChI is InChI=1S/C16H19NO6/c1-2-23-15(20)7-12(18)10-22-6-5-17-8-11-3-4-14(19)16(21)13(11)9-17/h3-4H,2,5-10H2,1H3. The predicted molar refractivity (Wildman–Crippen MR) is 79.7 cm³/mol. The van der Waals surface area contributed by atoms with Gasteiger partial charge in [0.2, 0.25) is 11.6 Å². The number of esters is 1. The minimum absolute atomic E-state index is 0.142. The molecule has 0 spiro atoms. The Balaban J connectivity index is 1.65. The van der Waals surface area contributed by atoms with Crippen LogP contribution in [0.4, 0.5) is 0 Å². The van der Waals surface area contributed by atoms with Crippen molar-refractivity contribution in [2.24, 2.45) is 0 Å². The molecule has 23 heavy (non-hydrogen) atoms. The van der Waals surface area contributed by atoms with Crippen molar-refractivity contribution >= 4 is 23.3 Å². The van der Waals surface area contributed by atoms with Crippen LogP contribution < -0.4 is 0 Å². The maximum absolute atomic E-state index is 11.7. The molecule has 0 fully saturated rings. The van der Waals surface area contributed by atoms with Gasteiger partial charge in [-0.25, -0.2) is 0 Å². The molecule has 0 bridgehead atoms. The van der Waals surface area contributed by atoms with E-state index in [4.69, 9.17) is 4.74 Å². The van der Waals surface area contributed by atoms with E-state index < -0.39 is 17.5 Å². The summed E-state index contributed by atoms with van der Waals surface area (Å²) in [6.45, 7) is 3.63. The Morgan fingerprint density at radius 2 is 2.00 bits per heavy atom. The van der Waals surface area contributed by atoms with Crippen LogP contribution in [0.5, 0.6) is 0 Å². The molecule has 0 aromatic carbocycles. The maximum Gasteiger partial charge on any atom is 0.313 e. The second-order valence-corrected chi connectivity index (χ2v) is 5.31. The number of ketones is 3. The molecule has 0 unspecified atom stereocenters. The first kappa shape index (κ1) is 17.2. The second kappa shape index (κ2) is 7.94. The number of hydrogen-bond donors (Lipinski definition) is 0. The van der Waals surface area contributed by atoms with Gasteiger partial charge in [0.15, 0.2) is 5.78 Å². The third-order valence-electron chi connectivity index (χ3n) is 3.56. The van der Waals surface area contributed by atoms with Crippen LogP contribution in [0.25, 0.3) is 0 Å². The highest BCUT2D eigenvalue weighted by molar-refractivity contribution is 6.48. The van der Waals surface area contributed by atoms with Gasteiger partial charge in [-0.3, -0.25) is 24.1 Å². The van der Waals surface area contributed by atoms with E-state index in [2.05, 4.69) is 4.74 Å². The first-order valence-corrected chi connectivity index (χ1v) is 7.47. The van der Waals surface area contributed by atoms with Crippen molar-refractivity contribution in [2.75, 3.05) is 39.5 Å². The lowest BCUT2D eigenvalue weighted by atomic mass is 9.98. The molecule has 0 saturated heterocycles. The average Bonchev–Trinajstić information content (AvgIpc) is 2.91. The largest absolute Gasteiger partial charge is 0.466 e. The molecular weight excluding hydrogens is 302 g/mol. The van der Waals surface area contributed by atoms with Gasteiger partial charge in [-0.05, 0) is 18.6 Å². The van der Waals surface area contributed by atoms with Gasteiger partial charge in [-0.2, -0.15) is 0 Å². The van der Waals surface area contributed by atoms with Gasteiger partial charge in [-0.15, -0.1) is 0 Å². The van der Waals surface area contributed by atoms with Gasteiger partial charge in [0.25, 0.3) is 0 Å². The summed E-state index contributed by atoms with van der Waals surface area (Å²) in [7, 11) is 0. The monoisotopic (exact) mass is 321 g/mol. The van der Waals surface area contributed by atoms with Crippen molar-refractivity contribution in [3.05, 3.63) is 23.3 Å². The third-order valence-corrected chi connectivity index (χ3v) is 3.56. The molecule has 1 aliphatic carbocycles. The lowest BCUT2D eigenvalue weighted by Crippen LogP contribution is -2.28. The van der Waals surface area contributed by atoms with Crippen molar-refractivity contribution in [1.29, 1.82) is 0 Å². The SMILES string of the molecule is CCOC(=O)CC(=O)COCCN1CC2=C(C1)C(=O)C(=O)C=C2. The molecule has 1 aliphatic heterocycles. The summed E-state index contributed by atoms with van der Waals surface area (Å²) in [4.78, 5) is 47.6. The van der Waals surface area contributed by atoms with Crippen LogP contribution in [0.2, 0.25) is 0 Å². The highest BCUT2D eigenvalue weighted by Gasteiger charge is 2.30. The molecular formula is C16H19NO6. The zero-order valence-electron chi connectivity index (χ0n) is 13.0. The fourth-order valence-electron chi connectivity index (χ4n) is 2.45. The number of rotatable bonds is 8. The van der Waals surface area contributed by atoms with E-state index in [0.717, 1.165) is 5.57 Å². The van der Waals surface area contributed by atoms with Gasteiger partial charge in [0.05, 0.1) is 13.2 Å². The molecule has 2 rings (SSSR count). The molecule has 0 aromatic heterocycles. The van der Waals surface area contributed by atoms with E-state index in [9.17, 15) is 19.2 Å². The molecule has 7 nitrogen and oxygen atoms in total. The fourth-order valence-corrected chi connectivity index (χ4v) is 2.45. The molecule has 0 radical (unpaired) electrons. The van der Waals surface area contributed by atoms with Crippen molar-refractivity contribution < 1.29 is 28.7 Å². The first-order valence-electron chi connectivity index (χ1n) is 7.47. The zero-order chi connectivity index (χ0) is 16.8. The van der Waals surface area contributed by atoms with Crippen LogP contribution >= 0.6 is 0 Å². The lowest BCUT2D eigenvalue weighted by Gasteiger charge is -2.15. The van der Waals surface area contributed by atoms with Crippen molar-refractivity contribution in [2.45, 2.75) is 13.3 Å². The maximum atomic E-state index is 11.7. The van der Waals surface area contributed by atoms with Crippen molar-refractivity contribution in [1.82, 2.24) is 4.90 Å². The number of Topliss-reactive ketones (excluding diaryl/α,β-unsaturated/α-hetero) is 2. The Morgan fingerprint density at radius 1 is 1.22 bits per heavy atom. The number of carbonyl (C=O) groups is 4. The summed E-state index contributed by atoms with van der Waals surface area (Å²) in [5, 5.41) is 0. The smallest absolute Gasteiger partial charge is 0.313 e. The van der Waals surface area contributed by atoms with Crippen LogP contribution in [-0.4, -0.2) is 67.7 Å². The Labute approximate surface area is 133 Å². The quantitative estimate of drug-likeness (QED) is 0.202. The number of allylic oxidation sites excluding steroid dienone is 1. The van der Waals surface area contributed by atoms with Crippen LogP contribution in [0.1, 0.15) is 13.3 Å². The topological polar surface area (TPSA) is 90.0 Å². The Hall–Kier alpha value is -2.12. The van der Waals surface area contributed by atoms with Gasteiger partial charge in [-0.1, -0.05) is 6.08 Å². The van der Waals surface area contributed by atoms with E-state index in [1.807, 2.05) is 4.90 Å². The zero-order valence-corrected chi connectivity index (χ0v) is 13.0. The molecule has 124 valence electrons. The van der Waals surface area contributed by atoms with Gasteiger partial charge < -0.3 is 9.47 Å². The van der Waals surface area contributed by atoms with Gasteiger partial charge >= 0.3 is 5.97 Å². The number of nitrogens with zero attached hydrogens (tertiary/aromatic N) is 1. The van der Waals surface area contributed by atoms with Gasteiger partial charge in [0.1, 0.15) is 13.0 Å². The number of ether oxygens (including phenoxy) is 2. The molecule has 1 heterocycles. The molecule has 7 heteroatoms. The van der Waals surface area contributed by atoms with E-state index in [1.54, 1.807) is 13.0 Å². The van der Waals surface area contributed by atoms with Crippen molar-refractivity contribution in [3.8, 4) is 0 Å². The Bertz CT molecular complexity index is 589. The normalized spacial score (nSPS) is 17.6. The summed E-state index contributed by atoms with van der Waals surface area (Å²) in [6.07, 6.45) is 2.70. The summed E-state index contributed by atoms with van der Waals surface area (Å²) >= 11 is 0. The molecule has 2 aliphatic rings. The molecule has 0 N–H and O–H groups in total. The molecule has 0 amide bonds. The summed E-state index contributed by atoms with van der Waals surface area (Å²) in [6, 6.07) is 0. The number of hydrogen-bond acceptors (Lipinski definition) is 7. The minimum Gasteiger partial charge on any atom is -0.466 e. The first-order chi connectivity index (χ1) is 11.0. The summed E-state index contributed by atoms with van der Waals surface area (Å²) < 4.78 is 9.93. The molecule has 0 aromatic rings. The Kier molecular flexibility index (Phi) is 5.95. The van der Waals surface area contributed by atoms with Crippen LogP contribution in [0, 0.1) is 0 Å². The van der Waals surface area contributed by atoms with Crippen molar-refractivity contribution in [3.63, 3.8) is 0 Å².